The zero-order chi connectivity index (χ0) is 10.6. The number of hydrogen-bond donors (Lipinski definition) is 0. The summed E-state index contributed by atoms with van der Waals surface area (Å²) in [5, 5.41) is 0. The van der Waals surface area contributed by atoms with Gasteiger partial charge in [-0.1, -0.05) is 32.0 Å². The second-order valence-corrected chi connectivity index (χ2v) is 3.05. The first-order valence-electron chi connectivity index (χ1n) is 5.15. The van der Waals surface area contributed by atoms with Crippen molar-refractivity contribution in [2.24, 2.45) is 0 Å². The van der Waals surface area contributed by atoms with Gasteiger partial charge >= 0.3 is 0 Å². The van der Waals surface area contributed by atoms with E-state index in [-0.39, 0.29) is 5.91 Å². The van der Waals surface area contributed by atoms with Crippen LogP contribution in [0.1, 0.15) is 26.3 Å². The Bertz CT molecular complexity index is 320. The van der Waals surface area contributed by atoms with Gasteiger partial charge in [0.15, 0.2) is 0 Å². The fraction of sp³-hybridized carbons (Fsp3) is 0.417. The van der Waals surface area contributed by atoms with Crippen molar-refractivity contribution in [1.82, 2.24) is 0 Å². The molecule has 1 aromatic rings. The van der Waals surface area contributed by atoms with Gasteiger partial charge in [0, 0.05) is 19.2 Å². The topological polar surface area (TPSA) is 20.3 Å². The highest BCUT2D eigenvalue weighted by atomic mass is 16.2. The van der Waals surface area contributed by atoms with Crippen molar-refractivity contribution in [3.05, 3.63) is 29.8 Å². The lowest BCUT2D eigenvalue weighted by Gasteiger charge is -2.13. The van der Waals surface area contributed by atoms with Crippen molar-refractivity contribution in [3.8, 4) is 0 Å². The van der Waals surface area contributed by atoms with Crippen LogP contribution in [0.4, 0.5) is 5.69 Å². The van der Waals surface area contributed by atoms with E-state index >= 15 is 0 Å². The average molecular weight is 191 g/mol. The van der Waals surface area contributed by atoms with E-state index in [0.717, 1.165) is 18.7 Å². The van der Waals surface area contributed by atoms with Gasteiger partial charge in [0.05, 0.1) is 0 Å². The minimum atomic E-state index is 0.139. The summed E-state index contributed by atoms with van der Waals surface area (Å²) in [6.45, 7) is 6.46. The molecule has 1 aliphatic heterocycles. The third-order valence-electron chi connectivity index (χ3n) is 2.27. The summed E-state index contributed by atoms with van der Waals surface area (Å²) in [6.07, 6.45) is 0.996. The molecule has 0 atom stereocenters. The smallest absolute Gasteiger partial charge is 0.223 e. The van der Waals surface area contributed by atoms with Crippen LogP contribution in [0.3, 0.4) is 0 Å². The summed E-state index contributed by atoms with van der Waals surface area (Å²) < 4.78 is 0. The van der Waals surface area contributed by atoms with Gasteiger partial charge in [-0.15, -0.1) is 0 Å². The molecule has 14 heavy (non-hydrogen) atoms. The maximum atomic E-state index is 11.1. The molecule has 1 aliphatic rings. The van der Waals surface area contributed by atoms with Crippen molar-refractivity contribution in [2.75, 3.05) is 11.4 Å². The third-order valence-corrected chi connectivity index (χ3v) is 2.27. The zero-order valence-corrected chi connectivity index (χ0v) is 9.08. The van der Waals surface area contributed by atoms with Crippen LogP contribution in [0.2, 0.25) is 0 Å². The molecule has 0 bridgehead atoms. The van der Waals surface area contributed by atoms with Gasteiger partial charge in [0.25, 0.3) is 0 Å². The van der Waals surface area contributed by atoms with Gasteiger partial charge in [0.2, 0.25) is 5.91 Å². The highest BCUT2D eigenvalue weighted by Gasteiger charge is 2.20. The van der Waals surface area contributed by atoms with Crippen molar-refractivity contribution in [1.29, 1.82) is 0 Å². The molecule has 1 heterocycles. The maximum absolute atomic E-state index is 11.1. The van der Waals surface area contributed by atoms with Crippen LogP contribution in [0.5, 0.6) is 0 Å². The molecule has 2 rings (SSSR count). The number of rotatable bonds is 0. The Labute approximate surface area is 85.5 Å². The molecule has 0 fully saturated rings. The molecular weight excluding hydrogens is 174 g/mol. The molecule has 2 nitrogen and oxygen atoms in total. The lowest BCUT2D eigenvalue weighted by atomic mass is 10.2. The normalized spacial score (nSPS) is 12.9. The molecule has 0 N–H and O–H groups in total. The summed E-state index contributed by atoms with van der Waals surface area (Å²) >= 11 is 0. The fourth-order valence-corrected chi connectivity index (χ4v) is 1.67. The molecule has 2 heteroatoms. The second kappa shape index (κ2) is 4.80. The van der Waals surface area contributed by atoms with E-state index in [1.54, 1.807) is 6.92 Å². The monoisotopic (exact) mass is 191 g/mol. The Morgan fingerprint density at radius 3 is 2.57 bits per heavy atom. The minimum absolute atomic E-state index is 0.139. The largest absolute Gasteiger partial charge is 0.312 e. The first-order valence-corrected chi connectivity index (χ1v) is 5.15. The van der Waals surface area contributed by atoms with Crippen molar-refractivity contribution < 1.29 is 4.79 Å². The molecule has 1 amide bonds. The quantitative estimate of drug-likeness (QED) is 0.617. The van der Waals surface area contributed by atoms with Gasteiger partial charge in [0.1, 0.15) is 0 Å². The van der Waals surface area contributed by atoms with Crippen molar-refractivity contribution in [2.45, 2.75) is 27.2 Å². The molecule has 76 valence electrons. The third kappa shape index (κ3) is 1.95. The molecule has 0 spiro atoms. The van der Waals surface area contributed by atoms with Gasteiger partial charge in [-0.2, -0.15) is 0 Å². The van der Waals surface area contributed by atoms with Crippen LogP contribution in [-0.2, 0) is 11.2 Å². The zero-order valence-electron chi connectivity index (χ0n) is 9.08. The first kappa shape index (κ1) is 10.8. The lowest BCUT2D eigenvalue weighted by Crippen LogP contribution is -2.25. The highest BCUT2D eigenvalue weighted by Crippen LogP contribution is 2.26. The molecule has 0 unspecified atom stereocenters. The van der Waals surface area contributed by atoms with Crippen molar-refractivity contribution in [3.63, 3.8) is 0 Å². The lowest BCUT2D eigenvalue weighted by molar-refractivity contribution is -0.116. The summed E-state index contributed by atoms with van der Waals surface area (Å²) in [7, 11) is 0. The summed E-state index contributed by atoms with van der Waals surface area (Å²) in [6, 6.07) is 8.07. The Morgan fingerprint density at radius 2 is 1.93 bits per heavy atom. The Morgan fingerprint density at radius 1 is 1.29 bits per heavy atom. The van der Waals surface area contributed by atoms with E-state index in [1.165, 1.54) is 5.56 Å². The number of amides is 1. The Balaban J connectivity index is 0.000000461. The van der Waals surface area contributed by atoms with Crippen LogP contribution < -0.4 is 4.90 Å². The number of anilines is 1. The number of nitrogens with zero attached hydrogens (tertiary/aromatic N) is 1. The minimum Gasteiger partial charge on any atom is -0.312 e. The van der Waals surface area contributed by atoms with Gasteiger partial charge < -0.3 is 4.90 Å². The SMILES string of the molecule is CC.CC(=O)N1CCc2ccccc21. The van der Waals surface area contributed by atoms with Crippen molar-refractivity contribution >= 4 is 11.6 Å². The van der Waals surface area contributed by atoms with E-state index in [1.807, 2.05) is 36.9 Å². The second-order valence-electron chi connectivity index (χ2n) is 3.05. The number of fused-ring (bicyclic) bond motifs is 1. The number of carbonyl (C=O) groups is 1. The van der Waals surface area contributed by atoms with Crippen LogP contribution in [0.15, 0.2) is 24.3 Å². The fourth-order valence-electron chi connectivity index (χ4n) is 1.67. The molecule has 0 aromatic heterocycles. The Kier molecular flexibility index (Phi) is 3.69. The average Bonchev–Trinajstić information content (AvgIpc) is 2.64. The van der Waals surface area contributed by atoms with Gasteiger partial charge in [-0.25, -0.2) is 0 Å². The maximum Gasteiger partial charge on any atom is 0.223 e. The highest BCUT2D eigenvalue weighted by molar-refractivity contribution is 5.93. The molecule has 0 saturated heterocycles. The van der Waals surface area contributed by atoms with Gasteiger partial charge in [-0.05, 0) is 18.1 Å². The number of benzene rings is 1. The Hall–Kier alpha value is -1.31. The number of carbonyl (C=O) groups excluding carboxylic acids is 1. The molecule has 0 saturated carbocycles. The van der Waals surface area contributed by atoms with Crippen LogP contribution in [0, 0.1) is 0 Å². The van der Waals surface area contributed by atoms with E-state index < -0.39 is 0 Å². The van der Waals surface area contributed by atoms with Crippen LogP contribution >= 0.6 is 0 Å². The van der Waals surface area contributed by atoms with Gasteiger partial charge in [-0.3, -0.25) is 4.79 Å². The van der Waals surface area contributed by atoms with E-state index in [4.69, 9.17) is 0 Å². The predicted molar refractivity (Wildman–Crippen MR) is 59.5 cm³/mol. The molecule has 0 aliphatic carbocycles. The summed E-state index contributed by atoms with van der Waals surface area (Å²) in [5.41, 5.74) is 2.37. The standard InChI is InChI=1S/C10H11NO.C2H6/c1-8(12)11-7-6-9-4-2-3-5-10(9)11;1-2/h2-5H,6-7H2,1H3;1-2H3. The van der Waals surface area contributed by atoms with Crippen LogP contribution in [0.25, 0.3) is 0 Å². The number of hydrogen-bond acceptors (Lipinski definition) is 1. The van der Waals surface area contributed by atoms with Crippen LogP contribution in [-0.4, -0.2) is 12.5 Å². The molecular formula is C12H17NO. The van der Waals surface area contributed by atoms with E-state index in [2.05, 4.69) is 6.07 Å². The summed E-state index contributed by atoms with van der Waals surface area (Å²) in [5.74, 6) is 0.139. The number of para-hydroxylation sites is 1. The molecule has 0 radical (unpaired) electrons. The first-order chi connectivity index (χ1) is 6.79. The van der Waals surface area contributed by atoms with E-state index in [9.17, 15) is 4.79 Å². The summed E-state index contributed by atoms with van der Waals surface area (Å²) in [4.78, 5) is 13.0. The van der Waals surface area contributed by atoms with E-state index in [0.29, 0.717) is 0 Å². The predicted octanol–water partition coefficient (Wildman–Crippen LogP) is 2.62. The molecule has 1 aromatic carbocycles.